The van der Waals surface area contributed by atoms with Gasteiger partial charge in [0.15, 0.2) is 0 Å². The molecule has 2 heterocycles. The van der Waals surface area contributed by atoms with Crippen LogP contribution in [-0.2, 0) is 13.0 Å². The Kier molecular flexibility index (Phi) is 6.00. The van der Waals surface area contributed by atoms with Crippen LogP contribution in [0.1, 0.15) is 11.1 Å². The summed E-state index contributed by atoms with van der Waals surface area (Å²) in [6.45, 7) is 7.88. The van der Waals surface area contributed by atoms with Gasteiger partial charge in [-0.05, 0) is 18.9 Å². The zero-order valence-corrected chi connectivity index (χ0v) is 14.8. The number of amides is 2. The van der Waals surface area contributed by atoms with E-state index in [9.17, 15) is 4.79 Å². The molecule has 7 heteroatoms. The first-order valence-corrected chi connectivity index (χ1v) is 8.84. The molecular formula is C18H26N6O. The fourth-order valence-electron chi connectivity index (χ4n) is 2.95. The van der Waals surface area contributed by atoms with Crippen molar-refractivity contribution in [2.75, 3.05) is 39.3 Å². The zero-order valence-electron chi connectivity index (χ0n) is 14.8. The van der Waals surface area contributed by atoms with Gasteiger partial charge in [-0.2, -0.15) is 5.10 Å². The number of urea groups is 1. The van der Waals surface area contributed by atoms with E-state index in [1.807, 2.05) is 9.58 Å². The van der Waals surface area contributed by atoms with Gasteiger partial charge in [0.2, 0.25) is 0 Å². The maximum absolute atomic E-state index is 12.3. The minimum Gasteiger partial charge on any atom is -0.338 e. The number of aromatic nitrogens is 3. The van der Waals surface area contributed by atoms with Crippen LogP contribution >= 0.6 is 0 Å². The number of carbonyl (C=O) groups is 1. The van der Waals surface area contributed by atoms with E-state index in [0.29, 0.717) is 6.54 Å². The Hall–Kier alpha value is -2.41. The molecule has 0 unspecified atom stereocenters. The van der Waals surface area contributed by atoms with Gasteiger partial charge < -0.3 is 10.2 Å². The van der Waals surface area contributed by atoms with Crippen LogP contribution in [-0.4, -0.2) is 69.9 Å². The average molecular weight is 342 g/mol. The Morgan fingerprint density at radius 3 is 2.56 bits per heavy atom. The van der Waals surface area contributed by atoms with Gasteiger partial charge in [0.1, 0.15) is 12.7 Å². The number of hydrogen-bond acceptors (Lipinski definition) is 4. The molecular weight excluding hydrogens is 316 g/mol. The molecule has 1 saturated heterocycles. The van der Waals surface area contributed by atoms with E-state index >= 15 is 0 Å². The SMILES string of the molecule is Cc1ccc(CCNC(=O)N2CCN(CCn3cncn3)CC2)cc1. The van der Waals surface area contributed by atoms with Crippen LogP contribution < -0.4 is 5.32 Å². The van der Waals surface area contributed by atoms with E-state index in [1.54, 1.807) is 12.7 Å². The number of aryl methyl sites for hydroxylation is 1. The quantitative estimate of drug-likeness (QED) is 0.855. The monoisotopic (exact) mass is 342 g/mol. The van der Waals surface area contributed by atoms with Gasteiger partial charge in [0, 0.05) is 39.3 Å². The van der Waals surface area contributed by atoms with Gasteiger partial charge in [-0.1, -0.05) is 29.8 Å². The van der Waals surface area contributed by atoms with Crippen LogP contribution in [0.3, 0.4) is 0 Å². The smallest absolute Gasteiger partial charge is 0.317 e. The molecule has 1 aliphatic rings. The van der Waals surface area contributed by atoms with Crippen molar-refractivity contribution in [3.8, 4) is 0 Å². The largest absolute Gasteiger partial charge is 0.338 e. The average Bonchev–Trinajstić information content (AvgIpc) is 3.15. The Morgan fingerprint density at radius 1 is 1.12 bits per heavy atom. The number of nitrogens with one attached hydrogen (secondary N) is 1. The summed E-state index contributed by atoms with van der Waals surface area (Å²) < 4.78 is 1.84. The molecule has 0 spiro atoms. The van der Waals surface area contributed by atoms with Gasteiger partial charge >= 0.3 is 6.03 Å². The fourth-order valence-corrected chi connectivity index (χ4v) is 2.95. The minimum absolute atomic E-state index is 0.0445. The van der Waals surface area contributed by atoms with E-state index in [0.717, 1.165) is 45.7 Å². The van der Waals surface area contributed by atoms with Gasteiger partial charge in [-0.25, -0.2) is 9.78 Å². The summed E-state index contributed by atoms with van der Waals surface area (Å²) in [6, 6.07) is 8.50. The molecule has 1 N–H and O–H groups in total. The van der Waals surface area contributed by atoms with E-state index < -0.39 is 0 Å². The molecule has 3 rings (SSSR count). The highest BCUT2D eigenvalue weighted by atomic mass is 16.2. The van der Waals surface area contributed by atoms with Gasteiger partial charge in [-0.15, -0.1) is 0 Å². The lowest BCUT2D eigenvalue weighted by Gasteiger charge is -2.34. The maximum atomic E-state index is 12.3. The van der Waals surface area contributed by atoms with Gasteiger partial charge in [-0.3, -0.25) is 9.58 Å². The highest BCUT2D eigenvalue weighted by Crippen LogP contribution is 2.05. The third-order valence-corrected chi connectivity index (χ3v) is 4.58. The first kappa shape index (κ1) is 17.4. The van der Waals surface area contributed by atoms with Gasteiger partial charge in [0.25, 0.3) is 0 Å². The molecule has 0 saturated carbocycles. The molecule has 1 aromatic carbocycles. The summed E-state index contributed by atoms with van der Waals surface area (Å²) in [5.74, 6) is 0. The van der Waals surface area contributed by atoms with Gasteiger partial charge in [0.05, 0.1) is 6.54 Å². The predicted molar refractivity (Wildman–Crippen MR) is 96.3 cm³/mol. The normalized spacial score (nSPS) is 15.3. The van der Waals surface area contributed by atoms with Crippen molar-refractivity contribution in [3.05, 3.63) is 48.0 Å². The number of rotatable bonds is 6. The van der Waals surface area contributed by atoms with E-state index in [-0.39, 0.29) is 6.03 Å². The van der Waals surface area contributed by atoms with Crippen LogP contribution in [0.2, 0.25) is 0 Å². The molecule has 0 aliphatic carbocycles. The molecule has 1 aliphatic heterocycles. The van der Waals surface area contributed by atoms with Crippen LogP contribution in [0, 0.1) is 6.92 Å². The molecule has 0 atom stereocenters. The Labute approximate surface area is 148 Å². The van der Waals surface area contributed by atoms with Crippen molar-refractivity contribution in [3.63, 3.8) is 0 Å². The van der Waals surface area contributed by atoms with Crippen molar-refractivity contribution < 1.29 is 4.79 Å². The molecule has 25 heavy (non-hydrogen) atoms. The predicted octanol–water partition coefficient (Wildman–Crippen LogP) is 1.16. The highest BCUT2D eigenvalue weighted by Gasteiger charge is 2.20. The second-order valence-electron chi connectivity index (χ2n) is 6.45. The third kappa shape index (κ3) is 5.29. The number of nitrogens with zero attached hydrogens (tertiary/aromatic N) is 5. The Bertz CT molecular complexity index is 647. The van der Waals surface area contributed by atoms with Crippen molar-refractivity contribution in [1.29, 1.82) is 0 Å². The second-order valence-corrected chi connectivity index (χ2v) is 6.45. The van der Waals surface area contributed by atoms with E-state index in [2.05, 4.69) is 51.5 Å². The van der Waals surface area contributed by atoms with Crippen LogP contribution in [0.4, 0.5) is 4.79 Å². The van der Waals surface area contributed by atoms with Crippen molar-refractivity contribution in [1.82, 2.24) is 29.9 Å². The molecule has 1 fully saturated rings. The number of benzene rings is 1. The molecule has 0 bridgehead atoms. The van der Waals surface area contributed by atoms with Crippen LogP contribution in [0.5, 0.6) is 0 Å². The number of piperazine rings is 1. The number of carbonyl (C=O) groups excluding carboxylic acids is 1. The summed E-state index contributed by atoms with van der Waals surface area (Å²) >= 11 is 0. The van der Waals surface area contributed by atoms with Crippen molar-refractivity contribution in [2.45, 2.75) is 19.9 Å². The lowest BCUT2D eigenvalue weighted by Crippen LogP contribution is -2.52. The lowest BCUT2D eigenvalue weighted by molar-refractivity contribution is 0.136. The highest BCUT2D eigenvalue weighted by molar-refractivity contribution is 5.74. The molecule has 134 valence electrons. The van der Waals surface area contributed by atoms with Crippen molar-refractivity contribution >= 4 is 6.03 Å². The van der Waals surface area contributed by atoms with Crippen LogP contribution in [0.25, 0.3) is 0 Å². The summed E-state index contributed by atoms with van der Waals surface area (Å²) in [4.78, 5) is 20.5. The summed E-state index contributed by atoms with van der Waals surface area (Å²) in [6.07, 6.45) is 4.15. The lowest BCUT2D eigenvalue weighted by atomic mass is 10.1. The minimum atomic E-state index is 0.0445. The van der Waals surface area contributed by atoms with E-state index in [4.69, 9.17) is 0 Å². The first-order valence-electron chi connectivity index (χ1n) is 8.84. The van der Waals surface area contributed by atoms with Crippen molar-refractivity contribution in [2.24, 2.45) is 0 Å². The second kappa shape index (κ2) is 8.62. The molecule has 7 nitrogen and oxygen atoms in total. The first-order chi connectivity index (χ1) is 12.2. The third-order valence-electron chi connectivity index (χ3n) is 4.58. The zero-order chi connectivity index (χ0) is 17.5. The fraction of sp³-hybridized carbons (Fsp3) is 0.500. The molecule has 0 radical (unpaired) electrons. The summed E-state index contributed by atoms with van der Waals surface area (Å²) in [5, 5.41) is 7.14. The molecule has 1 aromatic heterocycles. The molecule has 2 aromatic rings. The molecule has 2 amide bonds. The summed E-state index contributed by atoms with van der Waals surface area (Å²) in [5.41, 5.74) is 2.51. The Balaban J connectivity index is 1.33. The van der Waals surface area contributed by atoms with E-state index in [1.165, 1.54) is 11.1 Å². The summed E-state index contributed by atoms with van der Waals surface area (Å²) in [7, 11) is 0. The topological polar surface area (TPSA) is 66.3 Å². The standard InChI is InChI=1S/C18H26N6O/c1-16-2-4-17(5-3-16)6-7-20-18(25)23-11-8-22(9-12-23)10-13-24-15-19-14-21-24/h2-5,14-15H,6-13H2,1H3,(H,20,25). The Morgan fingerprint density at radius 2 is 1.88 bits per heavy atom. The van der Waals surface area contributed by atoms with Crippen LogP contribution in [0.15, 0.2) is 36.9 Å². The maximum Gasteiger partial charge on any atom is 0.317 e. The number of hydrogen-bond donors (Lipinski definition) is 1.